The molecule has 9 nitrogen and oxygen atoms in total. The van der Waals surface area contributed by atoms with E-state index in [-0.39, 0.29) is 6.54 Å². The Morgan fingerprint density at radius 2 is 2.11 bits per heavy atom. The monoisotopic (exact) mass is 270 g/mol. The number of aromatic nitrogens is 2. The van der Waals surface area contributed by atoms with Crippen LogP contribution in [-0.2, 0) is 16.1 Å². The quantitative estimate of drug-likeness (QED) is 0.469. The molecule has 0 fully saturated rings. The zero-order valence-corrected chi connectivity index (χ0v) is 10.1. The number of aliphatic carboxylic acids is 2. The number of carbonyl (C=O) groups excluding carboxylic acids is 1. The Labute approximate surface area is 108 Å². The molecule has 9 heteroatoms. The van der Waals surface area contributed by atoms with Gasteiger partial charge in [0.25, 0.3) is 0 Å². The van der Waals surface area contributed by atoms with E-state index in [1.165, 1.54) is 6.20 Å². The summed E-state index contributed by atoms with van der Waals surface area (Å²) < 4.78 is 0. The zero-order valence-electron chi connectivity index (χ0n) is 10.1. The lowest BCUT2D eigenvalue weighted by Gasteiger charge is -2.13. The van der Waals surface area contributed by atoms with Gasteiger partial charge in [-0.05, 0) is 6.92 Å². The average Bonchev–Trinajstić information content (AvgIpc) is 2.70. The molecule has 1 aromatic heterocycles. The Kier molecular flexibility index (Phi) is 4.86. The summed E-state index contributed by atoms with van der Waals surface area (Å²) in [6, 6.07) is -2.22. The number of carbonyl (C=O) groups is 3. The van der Waals surface area contributed by atoms with Crippen molar-refractivity contribution >= 4 is 18.0 Å². The van der Waals surface area contributed by atoms with Crippen molar-refractivity contribution in [3.05, 3.63) is 17.5 Å². The second-order valence-electron chi connectivity index (χ2n) is 3.84. The van der Waals surface area contributed by atoms with Crippen LogP contribution >= 0.6 is 0 Å². The number of aromatic amines is 1. The first kappa shape index (κ1) is 14.5. The number of rotatable bonds is 6. The third-order valence-electron chi connectivity index (χ3n) is 2.36. The fourth-order valence-electron chi connectivity index (χ4n) is 1.31. The van der Waals surface area contributed by atoms with Gasteiger partial charge in [-0.2, -0.15) is 5.10 Å². The number of nitrogens with one attached hydrogen (secondary N) is 3. The van der Waals surface area contributed by atoms with Gasteiger partial charge in [-0.1, -0.05) is 0 Å². The van der Waals surface area contributed by atoms with Gasteiger partial charge in [0.1, 0.15) is 6.04 Å². The number of aryl methyl sites for hydroxylation is 1. The van der Waals surface area contributed by atoms with Gasteiger partial charge >= 0.3 is 18.0 Å². The van der Waals surface area contributed by atoms with E-state index in [0.29, 0.717) is 0 Å². The van der Waals surface area contributed by atoms with Gasteiger partial charge in [0.15, 0.2) is 0 Å². The van der Waals surface area contributed by atoms with Crippen molar-refractivity contribution in [1.82, 2.24) is 20.8 Å². The van der Waals surface area contributed by atoms with Crippen molar-refractivity contribution in [2.24, 2.45) is 0 Å². The summed E-state index contributed by atoms with van der Waals surface area (Å²) in [6.07, 6.45) is 0.842. The van der Waals surface area contributed by atoms with Crippen LogP contribution in [0.1, 0.15) is 17.7 Å². The van der Waals surface area contributed by atoms with Gasteiger partial charge in [-0.25, -0.2) is 9.59 Å². The molecule has 0 aliphatic heterocycles. The molecule has 0 bridgehead atoms. The Morgan fingerprint density at radius 3 is 2.58 bits per heavy atom. The van der Waals surface area contributed by atoms with Crippen LogP contribution in [0, 0.1) is 6.92 Å². The molecule has 19 heavy (non-hydrogen) atoms. The predicted molar refractivity (Wildman–Crippen MR) is 62.4 cm³/mol. The Morgan fingerprint density at radius 1 is 1.42 bits per heavy atom. The number of urea groups is 1. The maximum Gasteiger partial charge on any atom is 0.326 e. The standard InChI is InChI=1S/C10H14N4O5/c1-5-6(4-12-14-5)3-11-10(19)13-7(9(17)18)2-8(15)16/h4,7H,2-3H2,1H3,(H,12,14)(H,15,16)(H,17,18)(H2,11,13,19)/t7-/m1/s1. The van der Waals surface area contributed by atoms with Crippen LogP contribution < -0.4 is 10.6 Å². The predicted octanol–water partition coefficient (Wildman–Crippen LogP) is -0.555. The third-order valence-corrected chi connectivity index (χ3v) is 2.36. The molecular weight excluding hydrogens is 256 g/mol. The van der Waals surface area contributed by atoms with E-state index < -0.39 is 30.4 Å². The molecule has 1 atom stereocenters. The molecule has 0 aliphatic rings. The number of amides is 2. The topological polar surface area (TPSA) is 144 Å². The summed E-state index contributed by atoms with van der Waals surface area (Å²) in [5, 5.41) is 28.2. The van der Waals surface area contributed by atoms with E-state index >= 15 is 0 Å². The van der Waals surface area contributed by atoms with Crippen LogP contribution in [0.4, 0.5) is 4.79 Å². The van der Waals surface area contributed by atoms with Crippen molar-refractivity contribution in [3.63, 3.8) is 0 Å². The SMILES string of the molecule is Cc1[nH]ncc1CNC(=O)N[C@H](CC(=O)O)C(=O)O. The lowest BCUT2D eigenvalue weighted by molar-refractivity contribution is -0.145. The number of hydrogen-bond donors (Lipinski definition) is 5. The van der Waals surface area contributed by atoms with E-state index in [0.717, 1.165) is 11.3 Å². The number of nitrogens with zero attached hydrogens (tertiary/aromatic N) is 1. The molecule has 2 amide bonds. The summed E-state index contributed by atoms with van der Waals surface area (Å²) in [5.74, 6) is -2.71. The largest absolute Gasteiger partial charge is 0.481 e. The maximum atomic E-state index is 11.4. The minimum Gasteiger partial charge on any atom is -0.481 e. The summed E-state index contributed by atoms with van der Waals surface area (Å²) in [7, 11) is 0. The summed E-state index contributed by atoms with van der Waals surface area (Å²) in [5.41, 5.74) is 1.53. The van der Waals surface area contributed by atoms with Gasteiger partial charge in [0.2, 0.25) is 0 Å². The van der Waals surface area contributed by atoms with E-state index in [9.17, 15) is 14.4 Å². The van der Waals surface area contributed by atoms with Gasteiger partial charge < -0.3 is 20.8 Å². The Balaban J connectivity index is 2.47. The van der Waals surface area contributed by atoms with Crippen LogP contribution in [0.3, 0.4) is 0 Å². The zero-order chi connectivity index (χ0) is 14.4. The molecule has 0 radical (unpaired) electrons. The molecular formula is C10H14N4O5. The summed E-state index contributed by atoms with van der Waals surface area (Å²) in [4.78, 5) is 32.6. The fourth-order valence-corrected chi connectivity index (χ4v) is 1.31. The highest BCUT2D eigenvalue weighted by atomic mass is 16.4. The highest BCUT2D eigenvalue weighted by Crippen LogP contribution is 2.01. The molecule has 0 aliphatic carbocycles. The number of H-pyrrole nitrogens is 1. The molecule has 0 saturated heterocycles. The minimum absolute atomic E-state index is 0.160. The second-order valence-corrected chi connectivity index (χ2v) is 3.84. The Hall–Kier alpha value is -2.58. The van der Waals surface area contributed by atoms with Crippen LogP contribution in [0.25, 0.3) is 0 Å². The number of carboxylic acids is 2. The number of hydrogen-bond acceptors (Lipinski definition) is 4. The Bertz CT molecular complexity index is 484. The van der Waals surface area contributed by atoms with E-state index in [2.05, 4.69) is 20.8 Å². The van der Waals surface area contributed by atoms with Gasteiger partial charge in [-0.15, -0.1) is 0 Å². The minimum atomic E-state index is -1.47. The van der Waals surface area contributed by atoms with Crippen LogP contribution in [-0.4, -0.2) is 44.4 Å². The van der Waals surface area contributed by atoms with Crippen molar-refractivity contribution < 1.29 is 24.6 Å². The van der Waals surface area contributed by atoms with Crippen LogP contribution in [0.2, 0.25) is 0 Å². The highest BCUT2D eigenvalue weighted by Gasteiger charge is 2.22. The first-order valence-electron chi connectivity index (χ1n) is 5.38. The van der Waals surface area contributed by atoms with Gasteiger partial charge in [0.05, 0.1) is 12.6 Å². The first-order chi connectivity index (χ1) is 8.90. The first-order valence-corrected chi connectivity index (χ1v) is 5.38. The molecule has 1 rings (SSSR count). The third kappa shape index (κ3) is 4.66. The van der Waals surface area contributed by atoms with Gasteiger partial charge in [0, 0.05) is 17.8 Å². The van der Waals surface area contributed by atoms with Gasteiger partial charge in [-0.3, -0.25) is 9.89 Å². The normalized spacial score (nSPS) is 11.6. The van der Waals surface area contributed by atoms with Crippen LogP contribution in [0.5, 0.6) is 0 Å². The number of carboxylic acid groups (broad SMARTS) is 2. The second kappa shape index (κ2) is 6.38. The lowest BCUT2D eigenvalue weighted by atomic mass is 10.2. The van der Waals surface area contributed by atoms with Crippen molar-refractivity contribution in [3.8, 4) is 0 Å². The molecule has 0 saturated carbocycles. The molecule has 1 heterocycles. The van der Waals surface area contributed by atoms with Crippen LogP contribution in [0.15, 0.2) is 6.20 Å². The summed E-state index contributed by atoms with van der Waals surface area (Å²) in [6.45, 7) is 1.93. The molecule has 1 aromatic rings. The van der Waals surface area contributed by atoms with E-state index in [4.69, 9.17) is 10.2 Å². The molecule has 0 aromatic carbocycles. The van der Waals surface area contributed by atoms with Crippen molar-refractivity contribution in [2.75, 3.05) is 0 Å². The molecule has 0 spiro atoms. The average molecular weight is 270 g/mol. The molecule has 0 unspecified atom stereocenters. The smallest absolute Gasteiger partial charge is 0.326 e. The maximum absolute atomic E-state index is 11.4. The highest BCUT2D eigenvalue weighted by molar-refractivity contribution is 5.86. The molecule has 5 N–H and O–H groups in total. The van der Waals surface area contributed by atoms with Crippen molar-refractivity contribution in [2.45, 2.75) is 25.9 Å². The van der Waals surface area contributed by atoms with Crippen molar-refractivity contribution in [1.29, 1.82) is 0 Å². The van der Waals surface area contributed by atoms with E-state index in [1.807, 2.05) is 0 Å². The van der Waals surface area contributed by atoms with E-state index in [1.54, 1.807) is 6.92 Å². The fraction of sp³-hybridized carbons (Fsp3) is 0.400. The molecule has 104 valence electrons. The lowest BCUT2D eigenvalue weighted by Crippen LogP contribution is -2.46. The summed E-state index contributed by atoms with van der Waals surface area (Å²) >= 11 is 0.